The molecular formula is C25H30N4O3S2. The van der Waals surface area contributed by atoms with Crippen LogP contribution in [-0.4, -0.2) is 23.5 Å². The van der Waals surface area contributed by atoms with E-state index >= 15 is 0 Å². The van der Waals surface area contributed by atoms with Gasteiger partial charge in [-0.15, -0.1) is 22.7 Å². The Morgan fingerprint density at radius 2 is 1.88 bits per heavy atom. The maximum absolute atomic E-state index is 13.3. The van der Waals surface area contributed by atoms with E-state index in [-0.39, 0.29) is 12.5 Å². The highest BCUT2D eigenvalue weighted by atomic mass is 32.1. The van der Waals surface area contributed by atoms with Gasteiger partial charge in [-0.3, -0.25) is 4.79 Å². The van der Waals surface area contributed by atoms with Gasteiger partial charge in [-0.2, -0.15) is 0 Å². The molecule has 7 nitrogen and oxygen atoms in total. The van der Waals surface area contributed by atoms with Crippen LogP contribution in [0.25, 0.3) is 15.8 Å². The Kier molecular flexibility index (Phi) is 6.95. The van der Waals surface area contributed by atoms with E-state index in [1.54, 1.807) is 6.92 Å². The van der Waals surface area contributed by atoms with Gasteiger partial charge in [-0.1, -0.05) is 12.5 Å². The lowest BCUT2D eigenvalue weighted by Gasteiger charge is -2.12. The Balaban J connectivity index is 1.73. The Morgan fingerprint density at radius 1 is 1.15 bits per heavy atom. The number of thiophene rings is 2. The first-order chi connectivity index (χ1) is 16.3. The van der Waals surface area contributed by atoms with Crippen molar-refractivity contribution in [2.24, 2.45) is 0 Å². The van der Waals surface area contributed by atoms with E-state index in [0.29, 0.717) is 37.2 Å². The van der Waals surface area contributed by atoms with Crippen LogP contribution >= 0.6 is 22.7 Å². The van der Waals surface area contributed by atoms with Gasteiger partial charge in [0.1, 0.15) is 20.5 Å². The number of ether oxygens (including phenoxy) is 1. The van der Waals surface area contributed by atoms with Gasteiger partial charge < -0.3 is 21.5 Å². The summed E-state index contributed by atoms with van der Waals surface area (Å²) in [5.74, 6) is -0.336. The highest BCUT2D eigenvalue weighted by Gasteiger charge is 2.28. The lowest BCUT2D eigenvalue weighted by atomic mass is 9.95. The molecule has 5 N–H and O–H groups in total. The third-order valence-electron chi connectivity index (χ3n) is 6.41. The molecule has 0 unspecified atom stereocenters. The monoisotopic (exact) mass is 498 g/mol. The van der Waals surface area contributed by atoms with Crippen LogP contribution in [-0.2, 0) is 17.6 Å². The maximum Gasteiger partial charge on any atom is 0.341 e. The molecule has 0 aliphatic heterocycles. The molecule has 180 valence electrons. The van der Waals surface area contributed by atoms with E-state index in [0.717, 1.165) is 53.7 Å². The lowest BCUT2D eigenvalue weighted by Crippen LogP contribution is -2.15. The zero-order chi connectivity index (χ0) is 24.6. The number of anilines is 3. The zero-order valence-corrected chi connectivity index (χ0v) is 21.6. The molecule has 9 heteroatoms. The van der Waals surface area contributed by atoms with Gasteiger partial charge in [-0.05, 0) is 70.1 Å². The molecule has 4 rings (SSSR count). The molecule has 0 fully saturated rings. The highest BCUT2D eigenvalue weighted by Crippen LogP contribution is 2.41. The Labute approximate surface area is 207 Å². The summed E-state index contributed by atoms with van der Waals surface area (Å²) in [5, 5.41) is 4.18. The minimum Gasteiger partial charge on any atom is -0.462 e. The number of carbonyl (C=O) groups is 2. The summed E-state index contributed by atoms with van der Waals surface area (Å²) in [5.41, 5.74) is 17.6. The van der Waals surface area contributed by atoms with E-state index in [1.165, 1.54) is 28.2 Å². The summed E-state index contributed by atoms with van der Waals surface area (Å²) >= 11 is 2.66. The molecule has 0 saturated heterocycles. The van der Waals surface area contributed by atoms with Gasteiger partial charge in [0.25, 0.3) is 5.91 Å². The van der Waals surface area contributed by atoms with E-state index < -0.39 is 5.97 Å². The first kappa shape index (κ1) is 24.2. The Morgan fingerprint density at radius 3 is 2.59 bits per heavy atom. The molecule has 3 aromatic heterocycles. The van der Waals surface area contributed by atoms with Crippen molar-refractivity contribution in [1.29, 1.82) is 0 Å². The number of pyridine rings is 1. The second kappa shape index (κ2) is 9.76. The number of nitrogens with zero attached hydrogens (tertiary/aromatic N) is 1. The number of fused-ring (bicyclic) bond motifs is 2. The molecule has 1 aliphatic carbocycles. The molecule has 0 saturated carbocycles. The summed E-state index contributed by atoms with van der Waals surface area (Å²) in [6, 6.07) is 1.92. The van der Waals surface area contributed by atoms with Crippen molar-refractivity contribution in [2.45, 2.75) is 59.8 Å². The van der Waals surface area contributed by atoms with Crippen molar-refractivity contribution in [1.82, 2.24) is 4.98 Å². The third kappa shape index (κ3) is 4.30. The van der Waals surface area contributed by atoms with Crippen LogP contribution in [0.15, 0.2) is 11.6 Å². The third-order valence-corrected chi connectivity index (χ3v) is 8.73. The SMILES string of the molecule is CCOC(=O)c1c(NC(=O)c2sc3nc(N)c(/C(C)=C(\C)CC)cc3c2N)sc2c1CCCC2. The molecule has 3 aromatic rings. The minimum atomic E-state index is -0.394. The summed E-state index contributed by atoms with van der Waals surface area (Å²) < 4.78 is 5.30. The number of hydrogen-bond acceptors (Lipinski definition) is 8. The van der Waals surface area contributed by atoms with Gasteiger partial charge in [0, 0.05) is 15.8 Å². The molecule has 0 radical (unpaired) electrons. The topological polar surface area (TPSA) is 120 Å². The molecule has 0 aromatic carbocycles. The second-order valence-electron chi connectivity index (χ2n) is 8.47. The molecule has 0 spiro atoms. The standard InChI is InChI=1S/C25H30N4O3S2/c1-5-12(3)13(4)15-11-16-19(26)20(34-23(16)28-21(15)27)22(30)29-24-18(25(31)32-6-2)14-9-7-8-10-17(14)33-24/h11H,5-10,26H2,1-4H3,(H2,27,28)(H,29,30)/b13-12+. The van der Waals surface area contributed by atoms with Gasteiger partial charge in [0.2, 0.25) is 0 Å². The number of aromatic nitrogens is 1. The van der Waals surface area contributed by atoms with E-state index in [4.69, 9.17) is 16.2 Å². The predicted molar refractivity (Wildman–Crippen MR) is 142 cm³/mol. The second-order valence-corrected chi connectivity index (χ2v) is 10.6. The quantitative estimate of drug-likeness (QED) is 0.357. The number of aryl methyl sites for hydroxylation is 1. The molecule has 34 heavy (non-hydrogen) atoms. The van der Waals surface area contributed by atoms with Gasteiger partial charge in [0.15, 0.2) is 0 Å². The van der Waals surface area contributed by atoms with Crippen LogP contribution in [0.2, 0.25) is 0 Å². The average Bonchev–Trinajstić information content (AvgIpc) is 3.34. The van der Waals surface area contributed by atoms with Crippen LogP contribution in [0.4, 0.5) is 16.5 Å². The molecule has 3 heterocycles. The molecular weight excluding hydrogens is 468 g/mol. The fourth-order valence-corrected chi connectivity index (χ4v) is 6.50. The number of rotatable bonds is 6. The zero-order valence-electron chi connectivity index (χ0n) is 20.0. The van der Waals surface area contributed by atoms with Crippen molar-refractivity contribution < 1.29 is 14.3 Å². The van der Waals surface area contributed by atoms with E-state index in [1.807, 2.05) is 13.0 Å². The van der Waals surface area contributed by atoms with Crippen molar-refractivity contribution in [3.8, 4) is 0 Å². The highest BCUT2D eigenvalue weighted by molar-refractivity contribution is 7.21. The summed E-state index contributed by atoms with van der Waals surface area (Å²) in [6.45, 7) is 8.23. The van der Waals surface area contributed by atoms with Crippen LogP contribution in [0, 0.1) is 0 Å². The molecule has 0 bridgehead atoms. The largest absolute Gasteiger partial charge is 0.462 e. The van der Waals surface area contributed by atoms with Crippen molar-refractivity contribution in [2.75, 3.05) is 23.4 Å². The fourth-order valence-electron chi connectivity index (χ4n) is 4.25. The Bertz CT molecular complexity index is 1320. The maximum atomic E-state index is 13.3. The first-order valence-electron chi connectivity index (χ1n) is 11.5. The predicted octanol–water partition coefficient (Wildman–Crippen LogP) is 6.03. The summed E-state index contributed by atoms with van der Waals surface area (Å²) in [4.78, 5) is 32.7. The number of hydrogen-bond donors (Lipinski definition) is 3. The van der Waals surface area contributed by atoms with Crippen molar-refractivity contribution in [3.05, 3.63) is 38.1 Å². The number of allylic oxidation sites excluding steroid dienone is 2. The van der Waals surface area contributed by atoms with E-state index in [2.05, 4.69) is 24.1 Å². The van der Waals surface area contributed by atoms with Gasteiger partial charge in [0.05, 0.1) is 17.9 Å². The summed E-state index contributed by atoms with van der Waals surface area (Å²) in [6.07, 6.45) is 4.73. The average molecular weight is 499 g/mol. The van der Waals surface area contributed by atoms with Crippen LogP contribution < -0.4 is 16.8 Å². The minimum absolute atomic E-state index is 0.279. The Hall–Kier alpha value is -2.91. The number of nitrogen functional groups attached to an aromatic ring is 2. The molecule has 1 aliphatic rings. The van der Waals surface area contributed by atoms with Crippen molar-refractivity contribution in [3.63, 3.8) is 0 Å². The number of carbonyl (C=O) groups excluding carboxylic acids is 2. The van der Waals surface area contributed by atoms with Crippen LogP contribution in [0.1, 0.15) is 83.0 Å². The summed E-state index contributed by atoms with van der Waals surface area (Å²) in [7, 11) is 0. The van der Waals surface area contributed by atoms with Crippen LogP contribution in [0.5, 0.6) is 0 Å². The number of nitrogens with two attached hydrogens (primary N) is 2. The first-order valence-corrected chi connectivity index (χ1v) is 13.2. The number of amides is 1. The smallest absolute Gasteiger partial charge is 0.341 e. The number of esters is 1. The fraction of sp³-hybridized carbons (Fsp3) is 0.400. The van der Waals surface area contributed by atoms with E-state index in [9.17, 15) is 9.59 Å². The molecule has 0 atom stereocenters. The van der Waals surface area contributed by atoms with Gasteiger partial charge >= 0.3 is 5.97 Å². The van der Waals surface area contributed by atoms with Crippen molar-refractivity contribution >= 4 is 66.8 Å². The molecule has 1 amide bonds. The van der Waals surface area contributed by atoms with Crippen LogP contribution in [0.3, 0.4) is 0 Å². The number of nitrogens with one attached hydrogen (secondary N) is 1. The normalized spacial score (nSPS) is 14.0. The lowest BCUT2D eigenvalue weighted by molar-refractivity contribution is 0.0526. The van der Waals surface area contributed by atoms with Gasteiger partial charge in [-0.25, -0.2) is 9.78 Å².